The lowest BCUT2D eigenvalue weighted by atomic mass is 10.0. The Morgan fingerprint density at radius 1 is 1.00 bits per heavy atom. The number of carbonyl (C=O) groups is 1. The Morgan fingerprint density at radius 3 is 2.59 bits per heavy atom. The van der Waals surface area contributed by atoms with Gasteiger partial charge in [-0.3, -0.25) is 4.79 Å². The highest BCUT2D eigenvalue weighted by Crippen LogP contribution is 2.30. The van der Waals surface area contributed by atoms with Gasteiger partial charge >= 0.3 is 0 Å². The quantitative estimate of drug-likeness (QED) is 0.476. The number of nitrogens with zero attached hydrogens (tertiary/aromatic N) is 2. The number of benzene rings is 3. The van der Waals surface area contributed by atoms with Crippen LogP contribution >= 0.6 is 0 Å². The van der Waals surface area contributed by atoms with Crippen LogP contribution in [0.15, 0.2) is 85.3 Å². The molecule has 5 heteroatoms. The normalized spacial score (nSPS) is 11.1. The van der Waals surface area contributed by atoms with E-state index in [-0.39, 0.29) is 11.7 Å². The van der Waals surface area contributed by atoms with Crippen LogP contribution in [0.3, 0.4) is 0 Å². The van der Waals surface area contributed by atoms with Crippen molar-refractivity contribution in [2.45, 2.75) is 6.54 Å². The molecule has 4 aromatic rings. The summed E-state index contributed by atoms with van der Waals surface area (Å²) in [5.41, 5.74) is 6.34. The molecule has 0 unspecified atom stereocenters. The Kier molecular flexibility index (Phi) is 5.20. The van der Waals surface area contributed by atoms with E-state index in [2.05, 4.69) is 39.1 Å². The third kappa shape index (κ3) is 3.94. The zero-order valence-corrected chi connectivity index (χ0v) is 16.0. The summed E-state index contributed by atoms with van der Waals surface area (Å²) in [5.74, 6) is -0.398. The topological polar surface area (TPSA) is 46.9 Å². The van der Waals surface area contributed by atoms with E-state index in [0.29, 0.717) is 5.56 Å². The van der Waals surface area contributed by atoms with Crippen LogP contribution in [0.5, 0.6) is 0 Å². The molecular weight excluding hydrogens is 365 g/mol. The first kappa shape index (κ1) is 18.6. The molecule has 1 amide bonds. The summed E-state index contributed by atoms with van der Waals surface area (Å²) in [4.78, 5) is 15.6. The van der Waals surface area contributed by atoms with Gasteiger partial charge in [0.2, 0.25) is 0 Å². The highest BCUT2D eigenvalue weighted by atomic mass is 19.1. The van der Waals surface area contributed by atoms with Gasteiger partial charge in [0.1, 0.15) is 5.82 Å². The maximum atomic E-state index is 12.8. The minimum Gasteiger partial charge on any atom is -0.355 e. The van der Waals surface area contributed by atoms with Gasteiger partial charge in [-0.05, 0) is 41.0 Å². The molecule has 29 heavy (non-hydrogen) atoms. The van der Waals surface area contributed by atoms with E-state index in [9.17, 15) is 9.18 Å². The molecule has 0 radical (unpaired) electrons. The predicted octanol–water partition coefficient (Wildman–Crippen LogP) is 4.76. The average Bonchev–Trinajstić information content (AvgIpc) is 3.36. The lowest BCUT2D eigenvalue weighted by Gasteiger charge is -2.04. The van der Waals surface area contributed by atoms with Crippen LogP contribution in [0, 0.1) is 5.82 Å². The maximum absolute atomic E-state index is 12.8. The number of hydrogen-bond acceptors (Lipinski definition) is 2. The molecule has 1 aromatic heterocycles. The van der Waals surface area contributed by atoms with Crippen molar-refractivity contribution in [2.75, 3.05) is 7.05 Å². The van der Waals surface area contributed by atoms with E-state index in [1.54, 1.807) is 31.3 Å². The first-order valence-electron chi connectivity index (χ1n) is 9.32. The highest BCUT2D eigenvalue weighted by molar-refractivity contribution is 5.95. The number of hydrogen-bond donors (Lipinski definition) is 1. The molecule has 2 heterocycles. The number of rotatable bonds is 2. The summed E-state index contributed by atoms with van der Waals surface area (Å²) in [7, 11) is 1.59. The van der Waals surface area contributed by atoms with Crippen LogP contribution in [0.1, 0.15) is 15.9 Å². The van der Waals surface area contributed by atoms with Gasteiger partial charge in [-0.2, -0.15) is 0 Å². The lowest BCUT2D eigenvalue weighted by Crippen LogP contribution is -2.17. The molecule has 0 aliphatic carbocycles. The van der Waals surface area contributed by atoms with Gasteiger partial charge in [-0.15, -0.1) is 0 Å². The molecule has 0 saturated carbocycles. The van der Waals surface area contributed by atoms with E-state index in [0.717, 1.165) is 17.7 Å². The molecular formula is C24H20FN3O. The van der Waals surface area contributed by atoms with Gasteiger partial charge in [-0.1, -0.05) is 48.5 Å². The van der Waals surface area contributed by atoms with Crippen LogP contribution in [0.25, 0.3) is 22.4 Å². The third-order valence-electron chi connectivity index (χ3n) is 4.88. The van der Waals surface area contributed by atoms with Gasteiger partial charge in [0, 0.05) is 24.7 Å². The number of aromatic nitrogens is 2. The first-order chi connectivity index (χ1) is 14.2. The number of imidazole rings is 1. The number of fused-ring (bicyclic) bond motifs is 3. The van der Waals surface area contributed by atoms with Crippen molar-refractivity contribution in [1.82, 2.24) is 14.9 Å². The Labute approximate surface area is 168 Å². The molecule has 3 aromatic carbocycles. The van der Waals surface area contributed by atoms with Crippen LogP contribution in [0.2, 0.25) is 0 Å². The van der Waals surface area contributed by atoms with Crippen molar-refractivity contribution < 1.29 is 9.18 Å². The fourth-order valence-electron chi connectivity index (χ4n) is 3.39. The first-order valence-corrected chi connectivity index (χ1v) is 9.32. The van der Waals surface area contributed by atoms with Crippen molar-refractivity contribution in [2.24, 2.45) is 0 Å². The zero-order valence-electron chi connectivity index (χ0n) is 16.0. The van der Waals surface area contributed by atoms with E-state index in [1.165, 1.54) is 29.0 Å². The molecule has 0 atom stereocenters. The second-order valence-electron chi connectivity index (χ2n) is 6.73. The molecule has 4 nitrogen and oxygen atoms in total. The van der Waals surface area contributed by atoms with Gasteiger partial charge < -0.3 is 9.88 Å². The second-order valence-corrected chi connectivity index (χ2v) is 6.73. The molecule has 0 saturated heterocycles. The van der Waals surface area contributed by atoms with E-state index >= 15 is 0 Å². The number of carbonyl (C=O) groups excluding carboxylic acids is 1. The van der Waals surface area contributed by atoms with Crippen LogP contribution in [-0.4, -0.2) is 22.5 Å². The van der Waals surface area contributed by atoms with Crippen molar-refractivity contribution in [1.29, 1.82) is 0 Å². The minimum atomic E-state index is -0.267. The molecule has 1 N–H and O–H groups in total. The number of amides is 1. The van der Waals surface area contributed by atoms with E-state index in [4.69, 9.17) is 0 Å². The minimum absolute atomic E-state index is 0.131. The Balaban J connectivity index is 0.000000149. The molecule has 0 spiro atoms. The van der Waals surface area contributed by atoms with E-state index in [1.807, 2.05) is 24.7 Å². The Morgan fingerprint density at radius 2 is 1.79 bits per heavy atom. The van der Waals surface area contributed by atoms with Gasteiger partial charge in [0.05, 0.1) is 18.2 Å². The maximum Gasteiger partial charge on any atom is 0.251 e. The summed E-state index contributed by atoms with van der Waals surface area (Å²) in [6.45, 7) is 0.978. The van der Waals surface area contributed by atoms with Crippen molar-refractivity contribution in [3.63, 3.8) is 0 Å². The van der Waals surface area contributed by atoms with Gasteiger partial charge in [-0.25, -0.2) is 9.37 Å². The zero-order chi connectivity index (χ0) is 20.2. The van der Waals surface area contributed by atoms with Gasteiger partial charge in [0.15, 0.2) is 0 Å². The Bertz CT molecular complexity index is 1150. The Hall–Kier alpha value is -3.73. The van der Waals surface area contributed by atoms with Crippen LogP contribution in [0.4, 0.5) is 4.39 Å². The molecule has 1 aliphatic rings. The monoisotopic (exact) mass is 385 g/mol. The SMILES string of the molecule is CNC(=O)c1cccc(-c2ccc(F)cc2)c1.c1ccc2c(c1)Cn1cncc1-2. The molecule has 5 rings (SSSR count). The fourth-order valence-corrected chi connectivity index (χ4v) is 3.39. The highest BCUT2D eigenvalue weighted by Gasteiger charge is 2.16. The van der Waals surface area contributed by atoms with Crippen LogP contribution in [-0.2, 0) is 6.54 Å². The van der Waals surface area contributed by atoms with E-state index < -0.39 is 0 Å². The summed E-state index contributed by atoms with van der Waals surface area (Å²) in [6.07, 6.45) is 3.81. The second kappa shape index (κ2) is 8.10. The van der Waals surface area contributed by atoms with Crippen molar-refractivity contribution in [3.05, 3.63) is 102 Å². The molecule has 144 valence electrons. The third-order valence-corrected chi connectivity index (χ3v) is 4.88. The molecule has 0 fully saturated rings. The largest absolute Gasteiger partial charge is 0.355 e. The molecule has 1 aliphatic heterocycles. The number of nitrogens with one attached hydrogen (secondary N) is 1. The van der Waals surface area contributed by atoms with Crippen molar-refractivity contribution in [3.8, 4) is 22.4 Å². The lowest BCUT2D eigenvalue weighted by molar-refractivity contribution is 0.0963. The number of halogens is 1. The van der Waals surface area contributed by atoms with Crippen molar-refractivity contribution >= 4 is 5.91 Å². The summed E-state index contributed by atoms with van der Waals surface area (Å²) in [6, 6.07) is 21.9. The summed E-state index contributed by atoms with van der Waals surface area (Å²) in [5, 5.41) is 2.57. The molecule has 0 bridgehead atoms. The summed E-state index contributed by atoms with van der Waals surface area (Å²) < 4.78 is 15.0. The smallest absolute Gasteiger partial charge is 0.251 e. The fraction of sp³-hybridized carbons (Fsp3) is 0.0833. The summed E-state index contributed by atoms with van der Waals surface area (Å²) >= 11 is 0. The predicted molar refractivity (Wildman–Crippen MR) is 112 cm³/mol. The van der Waals surface area contributed by atoms with Gasteiger partial charge in [0.25, 0.3) is 5.91 Å². The standard InChI is InChI=1S/C14H12FNO.C10H8N2/c1-16-14(17)12-4-2-3-11(9-12)10-5-7-13(15)8-6-10;1-2-4-9-8(3-1)6-12-7-11-5-10(9)12/h2-9H,1H3,(H,16,17);1-5,7H,6H2. The average molecular weight is 385 g/mol. The van der Waals surface area contributed by atoms with Crippen LogP contribution < -0.4 is 5.32 Å².